The molecule has 0 spiro atoms. The van der Waals surface area contributed by atoms with Gasteiger partial charge in [0.2, 0.25) is 5.89 Å². The van der Waals surface area contributed by atoms with Crippen LogP contribution in [0, 0.1) is 0 Å². The molecule has 4 heteroatoms. The van der Waals surface area contributed by atoms with Gasteiger partial charge in [-0.15, -0.1) is 0 Å². The second-order valence-corrected chi connectivity index (χ2v) is 5.25. The fourth-order valence-corrected chi connectivity index (χ4v) is 1.76. The fourth-order valence-electron chi connectivity index (χ4n) is 1.76. The van der Waals surface area contributed by atoms with E-state index in [2.05, 4.69) is 35.8 Å². The Kier molecular flexibility index (Phi) is 2.78. The lowest BCUT2D eigenvalue weighted by Gasteiger charge is -2.11. The Labute approximate surface area is 90.7 Å². The Morgan fingerprint density at radius 3 is 2.47 bits per heavy atom. The molecule has 0 aromatic carbocycles. The summed E-state index contributed by atoms with van der Waals surface area (Å²) >= 11 is 0. The van der Waals surface area contributed by atoms with Gasteiger partial charge in [0, 0.05) is 5.41 Å². The maximum absolute atomic E-state index is 5.25. The van der Waals surface area contributed by atoms with E-state index in [1.165, 1.54) is 25.9 Å². The van der Waals surface area contributed by atoms with Crippen molar-refractivity contribution in [3.8, 4) is 0 Å². The van der Waals surface area contributed by atoms with Gasteiger partial charge in [-0.1, -0.05) is 25.9 Å². The minimum atomic E-state index is -0.0454. The van der Waals surface area contributed by atoms with Crippen LogP contribution in [0.5, 0.6) is 0 Å². The van der Waals surface area contributed by atoms with Gasteiger partial charge in [0.05, 0.1) is 6.54 Å². The molecule has 15 heavy (non-hydrogen) atoms. The molecule has 0 unspecified atom stereocenters. The summed E-state index contributed by atoms with van der Waals surface area (Å²) in [6.45, 7) is 9.42. The van der Waals surface area contributed by atoms with Gasteiger partial charge in [-0.3, -0.25) is 4.90 Å². The Hall–Kier alpha value is -0.900. The predicted molar refractivity (Wildman–Crippen MR) is 57.5 cm³/mol. The van der Waals surface area contributed by atoms with E-state index >= 15 is 0 Å². The van der Waals surface area contributed by atoms with Crippen LogP contribution < -0.4 is 0 Å². The van der Waals surface area contributed by atoms with Crippen LogP contribution in [0.15, 0.2) is 4.52 Å². The molecule has 0 amide bonds. The van der Waals surface area contributed by atoms with E-state index in [4.69, 9.17) is 4.52 Å². The van der Waals surface area contributed by atoms with Crippen molar-refractivity contribution < 1.29 is 4.52 Å². The zero-order chi connectivity index (χ0) is 10.9. The highest BCUT2D eigenvalue weighted by molar-refractivity contribution is 4.98. The van der Waals surface area contributed by atoms with Crippen LogP contribution in [0.2, 0.25) is 0 Å². The first-order valence-electron chi connectivity index (χ1n) is 5.61. The van der Waals surface area contributed by atoms with E-state index in [9.17, 15) is 0 Å². The van der Waals surface area contributed by atoms with Crippen LogP contribution in [0.3, 0.4) is 0 Å². The first-order valence-corrected chi connectivity index (χ1v) is 5.61. The molecule has 1 aliphatic rings. The number of likely N-dealkylation sites (tertiary alicyclic amines) is 1. The zero-order valence-electron chi connectivity index (χ0n) is 9.79. The maximum Gasteiger partial charge on any atom is 0.232 e. The second kappa shape index (κ2) is 3.93. The fraction of sp³-hybridized carbons (Fsp3) is 0.818. The van der Waals surface area contributed by atoms with Gasteiger partial charge in [0.15, 0.2) is 5.82 Å². The Morgan fingerprint density at radius 1 is 1.27 bits per heavy atom. The normalized spacial score (nSPS) is 18.6. The molecule has 0 bridgehead atoms. The number of hydrogen-bond donors (Lipinski definition) is 0. The molecule has 0 aliphatic carbocycles. The van der Waals surface area contributed by atoms with Crippen LogP contribution in [0.1, 0.15) is 45.3 Å². The third kappa shape index (κ3) is 2.56. The Bertz CT molecular complexity index is 321. The van der Waals surface area contributed by atoms with Gasteiger partial charge in [0.25, 0.3) is 0 Å². The molecule has 0 N–H and O–H groups in total. The highest BCUT2D eigenvalue weighted by Crippen LogP contribution is 2.20. The van der Waals surface area contributed by atoms with Crippen molar-refractivity contribution in [2.45, 2.75) is 45.6 Å². The van der Waals surface area contributed by atoms with Gasteiger partial charge in [-0.25, -0.2) is 0 Å². The summed E-state index contributed by atoms with van der Waals surface area (Å²) in [5, 5.41) is 4.02. The summed E-state index contributed by atoms with van der Waals surface area (Å²) < 4.78 is 5.25. The van der Waals surface area contributed by atoms with Crippen molar-refractivity contribution in [2.75, 3.05) is 13.1 Å². The average Bonchev–Trinajstić information content (AvgIpc) is 2.73. The molecule has 1 aromatic heterocycles. The van der Waals surface area contributed by atoms with Crippen LogP contribution in [-0.4, -0.2) is 28.1 Å². The molecule has 0 radical (unpaired) electrons. The smallest absolute Gasteiger partial charge is 0.232 e. The predicted octanol–water partition coefficient (Wildman–Crippen LogP) is 1.96. The molecule has 0 saturated carbocycles. The van der Waals surface area contributed by atoms with Gasteiger partial charge in [-0.05, 0) is 25.9 Å². The number of aromatic nitrogens is 2. The second-order valence-electron chi connectivity index (χ2n) is 5.25. The Morgan fingerprint density at radius 2 is 1.93 bits per heavy atom. The van der Waals surface area contributed by atoms with Gasteiger partial charge in [-0.2, -0.15) is 4.98 Å². The highest BCUT2D eigenvalue weighted by Gasteiger charge is 2.22. The molecule has 2 rings (SSSR count). The van der Waals surface area contributed by atoms with Gasteiger partial charge >= 0.3 is 0 Å². The van der Waals surface area contributed by atoms with E-state index < -0.39 is 0 Å². The van der Waals surface area contributed by atoms with Crippen LogP contribution in [0.4, 0.5) is 0 Å². The molecular weight excluding hydrogens is 190 g/mol. The quantitative estimate of drug-likeness (QED) is 0.746. The zero-order valence-corrected chi connectivity index (χ0v) is 9.79. The monoisotopic (exact) mass is 209 g/mol. The minimum Gasteiger partial charge on any atom is -0.339 e. The molecule has 0 atom stereocenters. The lowest BCUT2D eigenvalue weighted by molar-refractivity contribution is 0.298. The lowest BCUT2D eigenvalue weighted by atomic mass is 9.97. The lowest BCUT2D eigenvalue weighted by Crippen LogP contribution is -2.19. The van der Waals surface area contributed by atoms with Crippen LogP contribution >= 0.6 is 0 Å². The summed E-state index contributed by atoms with van der Waals surface area (Å²) in [4.78, 5) is 6.80. The number of hydrogen-bond acceptors (Lipinski definition) is 4. The van der Waals surface area contributed by atoms with Crippen molar-refractivity contribution in [3.63, 3.8) is 0 Å². The van der Waals surface area contributed by atoms with E-state index in [0.717, 1.165) is 18.3 Å². The largest absolute Gasteiger partial charge is 0.339 e. The molecule has 1 fully saturated rings. The van der Waals surface area contributed by atoms with Crippen LogP contribution in [-0.2, 0) is 12.0 Å². The molecule has 1 aliphatic heterocycles. The Balaban J connectivity index is 2.00. The number of nitrogens with zero attached hydrogens (tertiary/aromatic N) is 3. The minimum absolute atomic E-state index is 0.0454. The summed E-state index contributed by atoms with van der Waals surface area (Å²) in [7, 11) is 0. The molecule has 84 valence electrons. The third-order valence-electron chi connectivity index (χ3n) is 2.67. The molecular formula is C11H19N3O. The maximum atomic E-state index is 5.25. The van der Waals surface area contributed by atoms with Crippen molar-refractivity contribution in [1.82, 2.24) is 15.0 Å². The SMILES string of the molecule is CC(C)(C)c1nc(CN2CCCC2)no1. The molecule has 1 saturated heterocycles. The van der Waals surface area contributed by atoms with E-state index in [1.54, 1.807) is 0 Å². The average molecular weight is 209 g/mol. The van der Waals surface area contributed by atoms with Gasteiger partial charge < -0.3 is 4.52 Å². The number of rotatable bonds is 2. The summed E-state index contributed by atoms with van der Waals surface area (Å²) in [6.07, 6.45) is 2.59. The van der Waals surface area contributed by atoms with Crippen molar-refractivity contribution in [2.24, 2.45) is 0 Å². The summed E-state index contributed by atoms with van der Waals surface area (Å²) in [5.74, 6) is 1.55. The van der Waals surface area contributed by atoms with Crippen molar-refractivity contribution >= 4 is 0 Å². The highest BCUT2D eigenvalue weighted by atomic mass is 16.5. The first-order chi connectivity index (χ1) is 7.05. The molecule has 4 nitrogen and oxygen atoms in total. The first kappa shape index (κ1) is 10.6. The summed E-state index contributed by atoms with van der Waals surface area (Å²) in [6, 6.07) is 0. The standard InChI is InChI=1S/C11H19N3O/c1-11(2,3)10-12-9(13-15-10)8-14-6-4-5-7-14/h4-8H2,1-3H3. The van der Waals surface area contributed by atoms with Crippen LogP contribution in [0.25, 0.3) is 0 Å². The van der Waals surface area contributed by atoms with E-state index in [0.29, 0.717) is 0 Å². The topological polar surface area (TPSA) is 42.2 Å². The molecule has 2 heterocycles. The third-order valence-corrected chi connectivity index (χ3v) is 2.67. The van der Waals surface area contributed by atoms with Gasteiger partial charge in [0.1, 0.15) is 0 Å². The van der Waals surface area contributed by atoms with Crippen molar-refractivity contribution in [1.29, 1.82) is 0 Å². The van der Waals surface area contributed by atoms with E-state index in [-0.39, 0.29) is 5.41 Å². The summed E-state index contributed by atoms with van der Waals surface area (Å²) in [5.41, 5.74) is -0.0454. The van der Waals surface area contributed by atoms with Crippen molar-refractivity contribution in [3.05, 3.63) is 11.7 Å². The van der Waals surface area contributed by atoms with E-state index in [1.807, 2.05) is 0 Å². The molecule has 1 aromatic rings.